The molecule has 1 heterocycles. The summed E-state index contributed by atoms with van der Waals surface area (Å²) in [6.45, 7) is 2.84. The van der Waals surface area contributed by atoms with E-state index >= 15 is 0 Å². The van der Waals surface area contributed by atoms with Gasteiger partial charge in [-0.25, -0.2) is 4.98 Å². The lowest BCUT2D eigenvalue weighted by Gasteiger charge is -2.07. The number of rotatable bonds is 6. The average molecular weight is 286 g/mol. The van der Waals surface area contributed by atoms with Crippen molar-refractivity contribution in [2.75, 3.05) is 13.2 Å². The molecule has 21 heavy (non-hydrogen) atoms. The third-order valence-electron chi connectivity index (χ3n) is 3.32. The number of nitrogens with one attached hydrogen (secondary N) is 2. The Balaban J connectivity index is 1.43. The van der Waals surface area contributed by atoms with Crippen molar-refractivity contribution in [3.8, 4) is 5.75 Å². The number of carbonyl (C=O) groups excluding carboxylic acids is 1. The van der Waals surface area contributed by atoms with E-state index in [1.165, 1.54) is 0 Å². The molecule has 0 radical (unpaired) electrons. The second-order valence-electron chi connectivity index (χ2n) is 5.24. The minimum Gasteiger partial charge on any atom is -0.492 e. The van der Waals surface area contributed by atoms with E-state index in [1.54, 1.807) is 0 Å². The number of hydrogen-bond acceptors (Lipinski definition) is 4. The van der Waals surface area contributed by atoms with Crippen LogP contribution in [0, 0.1) is 6.92 Å². The Kier molecular flexibility index (Phi) is 3.85. The lowest BCUT2D eigenvalue weighted by atomic mass is 10.2. The molecule has 0 spiro atoms. The van der Waals surface area contributed by atoms with Crippen LogP contribution in [0.4, 0.5) is 0 Å². The number of carbonyl (C=O) groups is 1. The fraction of sp³-hybridized carbons (Fsp3) is 0.400. The smallest absolute Gasteiger partial charge is 0.291 e. The highest BCUT2D eigenvalue weighted by molar-refractivity contribution is 5.90. The first-order chi connectivity index (χ1) is 10.2. The van der Waals surface area contributed by atoms with Crippen LogP contribution in [0.1, 0.15) is 40.8 Å². The quantitative estimate of drug-likeness (QED) is 0.794. The van der Waals surface area contributed by atoms with Crippen molar-refractivity contribution in [3.05, 3.63) is 41.5 Å². The van der Waals surface area contributed by atoms with Gasteiger partial charge < -0.3 is 10.1 Å². The number of H-pyrrole nitrogens is 1. The van der Waals surface area contributed by atoms with Gasteiger partial charge in [0, 0.05) is 5.92 Å². The molecule has 0 unspecified atom stereocenters. The number of amides is 1. The van der Waals surface area contributed by atoms with Crippen LogP contribution in [0.2, 0.25) is 0 Å². The zero-order valence-electron chi connectivity index (χ0n) is 11.9. The molecule has 0 aliphatic heterocycles. The van der Waals surface area contributed by atoms with E-state index in [0.29, 0.717) is 19.1 Å². The van der Waals surface area contributed by atoms with E-state index in [4.69, 9.17) is 4.74 Å². The second-order valence-corrected chi connectivity index (χ2v) is 5.24. The number of aromatic nitrogens is 3. The normalized spacial score (nSPS) is 14.0. The Labute approximate surface area is 122 Å². The van der Waals surface area contributed by atoms with E-state index in [2.05, 4.69) is 20.5 Å². The molecule has 6 heteroatoms. The first-order valence-corrected chi connectivity index (χ1v) is 7.12. The zero-order chi connectivity index (χ0) is 14.7. The third-order valence-corrected chi connectivity index (χ3v) is 3.32. The lowest BCUT2D eigenvalue weighted by Crippen LogP contribution is -2.29. The lowest BCUT2D eigenvalue weighted by molar-refractivity contribution is 0.0937. The van der Waals surface area contributed by atoms with Crippen LogP contribution in [0.15, 0.2) is 24.3 Å². The molecular formula is C15H18N4O2. The van der Waals surface area contributed by atoms with E-state index < -0.39 is 0 Å². The molecule has 2 N–H and O–H groups in total. The number of aryl methyl sites for hydroxylation is 1. The van der Waals surface area contributed by atoms with Crippen LogP contribution in [-0.4, -0.2) is 34.2 Å². The molecule has 0 saturated heterocycles. The summed E-state index contributed by atoms with van der Waals surface area (Å²) < 4.78 is 5.56. The Morgan fingerprint density at radius 3 is 3.10 bits per heavy atom. The molecule has 6 nitrogen and oxygen atoms in total. The Bertz CT molecular complexity index is 634. The zero-order valence-corrected chi connectivity index (χ0v) is 11.9. The minimum atomic E-state index is -0.272. The second kappa shape index (κ2) is 5.95. The SMILES string of the molecule is Cc1cccc(OCCNC(=O)c2n[nH]c(C3CC3)n2)c1. The molecule has 1 fully saturated rings. The Morgan fingerprint density at radius 2 is 2.33 bits per heavy atom. The van der Waals surface area contributed by atoms with Gasteiger partial charge >= 0.3 is 0 Å². The topological polar surface area (TPSA) is 79.9 Å². The molecule has 1 amide bonds. The molecule has 110 valence electrons. The fourth-order valence-corrected chi connectivity index (χ4v) is 2.03. The van der Waals surface area contributed by atoms with E-state index in [-0.39, 0.29) is 11.7 Å². The maximum atomic E-state index is 11.9. The molecule has 1 aromatic heterocycles. The molecule has 1 aromatic carbocycles. The minimum absolute atomic E-state index is 0.201. The maximum absolute atomic E-state index is 11.9. The summed E-state index contributed by atoms with van der Waals surface area (Å²) >= 11 is 0. The monoisotopic (exact) mass is 286 g/mol. The number of hydrogen-bond donors (Lipinski definition) is 2. The summed E-state index contributed by atoms with van der Waals surface area (Å²) in [5.41, 5.74) is 1.14. The van der Waals surface area contributed by atoms with Gasteiger partial charge in [0.05, 0.1) is 6.54 Å². The molecule has 3 rings (SSSR count). The summed E-state index contributed by atoms with van der Waals surface area (Å²) in [6, 6.07) is 7.80. The van der Waals surface area contributed by atoms with Gasteiger partial charge in [-0.05, 0) is 37.5 Å². The molecule has 1 aliphatic rings. The van der Waals surface area contributed by atoms with Crippen molar-refractivity contribution < 1.29 is 9.53 Å². The fourth-order valence-electron chi connectivity index (χ4n) is 2.03. The highest BCUT2D eigenvalue weighted by Crippen LogP contribution is 2.37. The van der Waals surface area contributed by atoms with Crippen LogP contribution < -0.4 is 10.1 Å². The third kappa shape index (κ3) is 3.59. The largest absolute Gasteiger partial charge is 0.492 e. The molecule has 2 aromatic rings. The molecule has 0 atom stereocenters. The van der Waals surface area contributed by atoms with Crippen molar-refractivity contribution >= 4 is 5.91 Å². The summed E-state index contributed by atoms with van der Waals surface area (Å²) in [5, 5.41) is 9.50. The van der Waals surface area contributed by atoms with E-state index in [9.17, 15) is 4.79 Å². The standard InChI is InChI=1S/C15H18N4O2/c1-10-3-2-4-12(9-10)21-8-7-16-15(20)14-17-13(18-19-14)11-5-6-11/h2-4,9,11H,5-8H2,1H3,(H,16,20)(H,17,18,19). The van der Waals surface area contributed by atoms with Gasteiger partial charge in [-0.1, -0.05) is 12.1 Å². The van der Waals surface area contributed by atoms with E-state index in [0.717, 1.165) is 30.0 Å². The predicted molar refractivity (Wildman–Crippen MR) is 77.4 cm³/mol. The van der Waals surface area contributed by atoms with Crippen molar-refractivity contribution in [2.24, 2.45) is 0 Å². The highest BCUT2D eigenvalue weighted by atomic mass is 16.5. The summed E-state index contributed by atoms with van der Waals surface area (Å²) in [6.07, 6.45) is 2.25. The van der Waals surface area contributed by atoms with Crippen molar-refractivity contribution in [2.45, 2.75) is 25.7 Å². The van der Waals surface area contributed by atoms with Crippen LogP contribution in [0.25, 0.3) is 0 Å². The number of ether oxygens (including phenoxy) is 1. The first kappa shape index (κ1) is 13.6. The average Bonchev–Trinajstić information content (AvgIpc) is 3.21. The summed E-state index contributed by atoms with van der Waals surface area (Å²) in [4.78, 5) is 16.1. The van der Waals surface area contributed by atoms with Crippen LogP contribution in [-0.2, 0) is 0 Å². The van der Waals surface area contributed by atoms with Crippen LogP contribution in [0.5, 0.6) is 5.75 Å². The van der Waals surface area contributed by atoms with Crippen LogP contribution >= 0.6 is 0 Å². The van der Waals surface area contributed by atoms with Gasteiger partial charge in [-0.15, -0.1) is 5.10 Å². The molecular weight excluding hydrogens is 268 g/mol. The number of aromatic amines is 1. The van der Waals surface area contributed by atoms with Crippen LogP contribution in [0.3, 0.4) is 0 Å². The van der Waals surface area contributed by atoms with Gasteiger partial charge in [-0.2, -0.15) is 0 Å². The van der Waals surface area contributed by atoms with E-state index in [1.807, 2.05) is 31.2 Å². The van der Waals surface area contributed by atoms with Gasteiger partial charge in [0.1, 0.15) is 18.2 Å². The predicted octanol–water partition coefficient (Wildman–Crippen LogP) is 1.80. The Hall–Kier alpha value is -2.37. The number of nitrogens with zero attached hydrogens (tertiary/aromatic N) is 2. The summed E-state index contributed by atoms with van der Waals surface area (Å²) in [5.74, 6) is 2.01. The maximum Gasteiger partial charge on any atom is 0.291 e. The van der Waals surface area contributed by atoms with Gasteiger partial charge in [0.2, 0.25) is 5.82 Å². The first-order valence-electron chi connectivity index (χ1n) is 7.12. The van der Waals surface area contributed by atoms with Crippen molar-refractivity contribution in [1.29, 1.82) is 0 Å². The molecule has 1 aliphatic carbocycles. The van der Waals surface area contributed by atoms with Crippen molar-refractivity contribution in [1.82, 2.24) is 20.5 Å². The summed E-state index contributed by atoms with van der Waals surface area (Å²) in [7, 11) is 0. The Morgan fingerprint density at radius 1 is 1.48 bits per heavy atom. The van der Waals surface area contributed by atoms with Gasteiger partial charge in [-0.3, -0.25) is 9.89 Å². The van der Waals surface area contributed by atoms with Gasteiger partial charge in [0.15, 0.2) is 0 Å². The van der Waals surface area contributed by atoms with Gasteiger partial charge in [0.25, 0.3) is 5.91 Å². The molecule has 0 bridgehead atoms. The number of benzene rings is 1. The highest BCUT2D eigenvalue weighted by Gasteiger charge is 2.28. The van der Waals surface area contributed by atoms with Crippen molar-refractivity contribution in [3.63, 3.8) is 0 Å². The molecule has 1 saturated carbocycles.